The summed E-state index contributed by atoms with van der Waals surface area (Å²) in [6.07, 6.45) is 0. The third kappa shape index (κ3) is 500. The summed E-state index contributed by atoms with van der Waals surface area (Å²) in [5.74, 6) is 0. The van der Waals surface area contributed by atoms with Gasteiger partial charge in [0.1, 0.15) is 0 Å². The molecule has 0 heterocycles. The molecule has 0 radical (unpaired) electrons. The van der Waals surface area contributed by atoms with Gasteiger partial charge in [-0.1, -0.05) is 0 Å². The number of hydrogen-bond acceptors (Lipinski definition) is 2. The quantitative estimate of drug-likeness (QED) is 0.296. The summed E-state index contributed by atoms with van der Waals surface area (Å²) in [7, 11) is -6.26. The summed E-state index contributed by atoms with van der Waals surface area (Å²) in [5.41, 5.74) is 0. The molecule has 0 spiro atoms. The first-order valence-corrected chi connectivity index (χ1v) is 3.91. The molecule has 0 atom stereocenters. The Hall–Kier alpha value is 1.09. The Kier molecular flexibility index (Phi) is 37.3. The van der Waals surface area contributed by atoms with Crippen LogP contribution in [0, 0.1) is 0 Å². The molecule has 0 aliphatic rings. The monoisotopic (exact) mass is 206 g/mol. The van der Waals surface area contributed by atoms with Crippen LogP contribution in [0.5, 0.6) is 0 Å². The molecule has 0 bridgehead atoms. The van der Waals surface area contributed by atoms with E-state index in [-0.39, 0.29) is 56.6 Å². The Bertz CT molecular complexity index is 73.7. The van der Waals surface area contributed by atoms with Gasteiger partial charge in [0.15, 0.2) is 0 Å². The predicted octanol–water partition coefficient (Wildman–Crippen LogP) is -4.79. The molecule has 0 aromatic rings. The van der Waals surface area contributed by atoms with Crippen molar-refractivity contribution < 1.29 is 28.1 Å². The fraction of sp³-hybridized carbons (Fsp3) is 0. The second-order valence-electron chi connectivity index (χ2n) is 0.565. The van der Waals surface area contributed by atoms with Gasteiger partial charge in [0, 0.05) is 0 Å². The van der Waals surface area contributed by atoms with Crippen LogP contribution in [0.4, 0.5) is 0 Å². The predicted molar refractivity (Wildman–Crippen MR) is 37.4 cm³/mol. The molecule has 0 aliphatic carbocycles. The van der Waals surface area contributed by atoms with Crippen LogP contribution in [0.1, 0.15) is 0 Å². The van der Waals surface area contributed by atoms with Crippen LogP contribution in [0.15, 0.2) is 0 Å². The van der Waals surface area contributed by atoms with Crippen LogP contribution in [0.25, 0.3) is 0 Å². The average molecular weight is 206 g/mol. The minimum atomic E-state index is -3.13. The molecule has 10 heteroatoms. The van der Waals surface area contributed by atoms with Gasteiger partial charge < -0.3 is 19.2 Å². The van der Waals surface area contributed by atoms with Crippen molar-refractivity contribution >= 4 is 74.9 Å². The Morgan fingerprint density at radius 3 is 0.800 bits per heavy atom. The minimum absolute atomic E-state index is 0. The molecule has 0 aliphatic heterocycles. The molecule has 0 saturated heterocycles. The van der Waals surface area contributed by atoms with Gasteiger partial charge >= 0.3 is 74.9 Å². The molecule has 4 N–H and O–H groups in total. The molecule has 54 valence electrons. The third-order valence-corrected chi connectivity index (χ3v) is 0. The van der Waals surface area contributed by atoms with E-state index in [1.165, 1.54) is 0 Å². The van der Waals surface area contributed by atoms with Crippen molar-refractivity contribution in [3.63, 3.8) is 0 Å². The van der Waals surface area contributed by atoms with Gasteiger partial charge in [0.05, 0.1) is 0 Å². The van der Waals surface area contributed by atoms with Crippen LogP contribution >= 0.6 is 0 Å². The molecule has 0 fully saturated rings. The number of hydrogen-bond donors (Lipinski definition) is 4. The van der Waals surface area contributed by atoms with Crippen LogP contribution in [0.2, 0.25) is 0 Å². The van der Waals surface area contributed by atoms with Gasteiger partial charge in [-0.05, 0) is 0 Å². The number of rotatable bonds is 0. The van der Waals surface area contributed by atoms with Crippen molar-refractivity contribution in [2.75, 3.05) is 0 Å². The van der Waals surface area contributed by atoms with Crippen LogP contribution in [-0.2, 0) is 8.92 Å². The standard InChI is InChI=1S/Ca.Li.2H2O3Si.3H/c;;2*1-4(2)3;;;/h;;2*1-2H;;;. The molecule has 0 unspecified atom stereocenters. The summed E-state index contributed by atoms with van der Waals surface area (Å²) < 4.78 is 17.5. The summed E-state index contributed by atoms with van der Waals surface area (Å²) in [4.78, 5) is 28.6. The molecular formula is H7CaLiO6Si2. The Morgan fingerprint density at radius 1 is 0.800 bits per heavy atom. The Morgan fingerprint density at radius 2 is 0.800 bits per heavy atom. The van der Waals surface area contributed by atoms with Crippen LogP contribution in [-0.4, -0.2) is 94.1 Å². The SMILES string of the molecule is O=[Si](O)O.O=[Si](O)O.[CaH2].[LiH]. The van der Waals surface area contributed by atoms with Gasteiger partial charge in [-0.3, -0.25) is 8.92 Å². The summed E-state index contributed by atoms with van der Waals surface area (Å²) in [5, 5.41) is 0. The van der Waals surface area contributed by atoms with E-state index < -0.39 is 18.3 Å². The molecular weight excluding hydrogens is 199 g/mol. The van der Waals surface area contributed by atoms with Gasteiger partial charge in [0.2, 0.25) is 0 Å². The van der Waals surface area contributed by atoms with Crippen molar-refractivity contribution in [1.29, 1.82) is 0 Å². The zero-order valence-corrected chi connectivity index (χ0v) is 5.61. The summed E-state index contributed by atoms with van der Waals surface area (Å²) >= 11 is 0. The van der Waals surface area contributed by atoms with Gasteiger partial charge in [0.25, 0.3) is 0 Å². The topological polar surface area (TPSA) is 115 Å². The maximum absolute atomic E-state index is 8.74. The maximum atomic E-state index is 8.74. The average Bonchev–Trinajstić information content (AvgIpc) is 1.25. The van der Waals surface area contributed by atoms with E-state index in [1.807, 2.05) is 0 Å². The fourth-order valence-corrected chi connectivity index (χ4v) is 0. The molecule has 0 amide bonds. The van der Waals surface area contributed by atoms with E-state index >= 15 is 0 Å². The van der Waals surface area contributed by atoms with Crippen molar-refractivity contribution in [1.82, 2.24) is 0 Å². The Labute approximate surface area is 102 Å². The second-order valence-corrected chi connectivity index (χ2v) is 1.70. The molecule has 0 rings (SSSR count). The van der Waals surface area contributed by atoms with E-state index in [2.05, 4.69) is 0 Å². The first-order valence-electron chi connectivity index (χ1n) is 1.30. The molecule has 6 nitrogen and oxygen atoms in total. The molecule has 0 aromatic carbocycles. The van der Waals surface area contributed by atoms with Crippen LogP contribution in [0.3, 0.4) is 0 Å². The molecule has 10 heavy (non-hydrogen) atoms. The third-order valence-electron chi connectivity index (χ3n) is 0. The first-order chi connectivity index (χ1) is 3.46. The fourth-order valence-electron chi connectivity index (χ4n) is 0. The van der Waals surface area contributed by atoms with Gasteiger partial charge in [-0.2, -0.15) is 0 Å². The summed E-state index contributed by atoms with van der Waals surface area (Å²) in [6.45, 7) is 0. The first kappa shape index (κ1) is 22.5. The van der Waals surface area contributed by atoms with E-state index in [9.17, 15) is 0 Å². The van der Waals surface area contributed by atoms with Crippen molar-refractivity contribution in [3.8, 4) is 0 Å². The van der Waals surface area contributed by atoms with E-state index in [0.717, 1.165) is 0 Å². The molecule has 0 saturated carbocycles. The zero-order valence-electron chi connectivity index (χ0n) is 3.61. The van der Waals surface area contributed by atoms with Crippen molar-refractivity contribution in [3.05, 3.63) is 0 Å². The van der Waals surface area contributed by atoms with Crippen molar-refractivity contribution in [2.45, 2.75) is 0 Å². The Balaban J connectivity index is -0.0000000300. The van der Waals surface area contributed by atoms with E-state index in [4.69, 9.17) is 28.1 Å². The summed E-state index contributed by atoms with van der Waals surface area (Å²) in [6, 6.07) is 0. The van der Waals surface area contributed by atoms with Crippen molar-refractivity contribution in [2.24, 2.45) is 0 Å². The second kappa shape index (κ2) is 16.6. The zero-order chi connectivity index (χ0) is 7.15. The van der Waals surface area contributed by atoms with E-state index in [1.54, 1.807) is 0 Å². The normalized spacial score (nSPS) is 4.80. The molecule has 0 aromatic heterocycles. The van der Waals surface area contributed by atoms with Gasteiger partial charge in [-0.25, -0.2) is 0 Å². The van der Waals surface area contributed by atoms with E-state index in [0.29, 0.717) is 0 Å². The van der Waals surface area contributed by atoms with Crippen LogP contribution < -0.4 is 0 Å². The van der Waals surface area contributed by atoms with Gasteiger partial charge in [-0.15, -0.1) is 0 Å².